The van der Waals surface area contributed by atoms with Gasteiger partial charge in [-0.3, -0.25) is 9.78 Å². The second kappa shape index (κ2) is 4.61. The van der Waals surface area contributed by atoms with Crippen molar-refractivity contribution in [3.8, 4) is 11.1 Å². The summed E-state index contributed by atoms with van der Waals surface area (Å²) in [6, 6.07) is 5.66. The molecule has 2 rings (SSSR count). The van der Waals surface area contributed by atoms with E-state index in [0.29, 0.717) is 5.69 Å². The van der Waals surface area contributed by atoms with E-state index < -0.39 is 0 Å². The Balaban J connectivity index is 2.44. The Hall–Kier alpha value is -2.10. The van der Waals surface area contributed by atoms with Gasteiger partial charge in [-0.2, -0.15) is 0 Å². The molecule has 2 N–H and O–H groups in total. The summed E-state index contributed by atoms with van der Waals surface area (Å²) in [6.07, 6.45) is 5.18. The topological polar surface area (TPSA) is 57.8 Å². The number of H-pyrrole nitrogens is 1. The molecule has 0 bridgehead atoms. The highest BCUT2D eigenvalue weighted by atomic mass is 16.1. The molecule has 0 aliphatic rings. The Morgan fingerprint density at radius 2 is 2.31 bits per heavy atom. The molecular formula is C12H13N3O. The molecule has 82 valence electrons. The fourth-order valence-corrected chi connectivity index (χ4v) is 1.51. The predicted molar refractivity (Wildman–Crippen MR) is 64.5 cm³/mol. The molecule has 16 heavy (non-hydrogen) atoms. The lowest BCUT2D eigenvalue weighted by molar-refractivity contribution is 1.16. The SMILES string of the molecule is CCNc1cc(-c2cccnc2)c[nH]c1=O. The highest BCUT2D eigenvalue weighted by molar-refractivity contribution is 5.65. The van der Waals surface area contributed by atoms with Crippen molar-refractivity contribution < 1.29 is 0 Å². The van der Waals surface area contributed by atoms with Crippen molar-refractivity contribution in [3.63, 3.8) is 0 Å². The fourth-order valence-electron chi connectivity index (χ4n) is 1.51. The van der Waals surface area contributed by atoms with E-state index in [1.54, 1.807) is 18.6 Å². The highest BCUT2D eigenvalue weighted by Gasteiger charge is 2.02. The molecule has 0 aliphatic heterocycles. The third kappa shape index (κ3) is 2.11. The number of nitrogens with zero attached hydrogens (tertiary/aromatic N) is 1. The molecule has 0 saturated heterocycles. The first-order chi connectivity index (χ1) is 7.81. The summed E-state index contributed by atoms with van der Waals surface area (Å²) in [5.74, 6) is 0. The maximum Gasteiger partial charge on any atom is 0.271 e. The summed E-state index contributed by atoms with van der Waals surface area (Å²) in [5.41, 5.74) is 2.42. The van der Waals surface area contributed by atoms with Crippen molar-refractivity contribution in [2.75, 3.05) is 11.9 Å². The van der Waals surface area contributed by atoms with Crippen LogP contribution in [0.25, 0.3) is 11.1 Å². The van der Waals surface area contributed by atoms with Gasteiger partial charge in [0.15, 0.2) is 0 Å². The molecule has 0 saturated carbocycles. The van der Waals surface area contributed by atoms with E-state index in [1.165, 1.54) is 0 Å². The van der Waals surface area contributed by atoms with Crippen LogP contribution in [0.1, 0.15) is 6.92 Å². The van der Waals surface area contributed by atoms with Crippen LogP contribution in [-0.2, 0) is 0 Å². The summed E-state index contributed by atoms with van der Waals surface area (Å²) in [7, 11) is 0. The van der Waals surface area contributed by atoms with E-state index in [4.69, 9.17) is 0 Å². The standard InChI is InChI=1S/C12H13N3O/c1-2-14-11-6-10(8-15-12(11)16)9-4-3-5-13-7-9/h3-8,14H,2H2,1H3,(H,15,16). The van der Waals surface area contributed by atoms with Gasteiger partial charge in [-0.15, -0.1) is 0 Å². The van der Waals surface area contributed by atoms with Gasteiger partial charge in [0, 0.05) is 36.3 Å². The van der Waals surface area contributed by atoms with Gasteiger partial charge in [0.25, 0.3) is 5.56 Å². The minimum atomic E-state index is -0.102. The Bertz CT molecular complexity index is 519. The normalized spacial score (nSPS) is 10.1. The number of hydrogen-bond donors (Lipinski definition) is 2. The zero-order chi connectivity index (χ0) is 11.4. The van der Waals surface area contributed by atoms with Gasteiger partial charge in [0.2, 0.25) is 0 Å². The average Bonchev–Trinajstić information content (AvgIpc) is 2.33. The lowest BCUT2D eigenvalue weighted by atomic mass is 10.1. The number of aromatic nitrogens is 2. The predicted octanol–water partition coefficient (Wildman–Crippen LogP) is 1.87. The van der Waals surface area contributed by atoms with Crippen LogP contribution in [0.15, 0.2) is 41.6 Å². The van der Waals surface area contributed by atoms with Crippen molar-refractivity contribution in [1.29, 1.82) is 0 Å². The zero-order valence-electron chi connectivity index (χ0n) is 9.03. The molecule has 0 spiro atoms. The van der Waals surface area contributed by atoms with Crippen LogP contribution in [0, 0.1) is 0 Å². The summed E-state index contributed by atoms with van der Waals surface area (Å²) in [6.45, 7) is 2.68. The second-order valence-corrected chi connectivity index (χ2v) is 3.40. The molecule has 2 aromatic rings. The lowest BCUT2D eigenvalue weighted by Gasteiger charge is -2.05. The van der Waals surface area contributed by atoms with Crippen LogP contribution in [0.3, 0.4) is 0 Å². The first-order valence-electron chi connectivity index (χ1n) is 5.18. The molecule has 0 radical (unpaired) electrons. The van der Waals surface area contributed by atoms with Crippen LogP contribution in [0.2, 0.25) is 0 Å². The van der Waals surface area contributed by atoms with Gasteiger partial charge < -0.3 is 10.3 Å². The van der Waals surface area contributed by atoms with Crippen LogP contribution in [-0.4, -0.2) is 16.5 Å². The summed E-state index contributed by atoms with van der Waals surface area (Å²) in [5, 5.41) is 3.02. The van der Waals surface area contributed by atoms with Gasteiger partial charge in [-0.25, -0.2) is 0 Å². The molecular weight excluding hydrogens is 202 g/mol. The molecule has 0 atom stereocenters. The second-order valence-electron chi connectivity index (χ2n) is 3.40. The number of hydrogen-bond acceptors (Lipinski definition) is 3. The minimum Gasteiger partial charge on any atom is -0.381 e. The lowest BCUT2D eigenvalue weighted by Crippen LogP contribution is -2.13. The monoisotopic (exact) mass is 215 g/mol. The Morgan fingerprint density at radius 1 is 1.44 bits per heavy atom. The Morgan fingerprint density at radius 3 is 3.00 bits per heavy atom. The van der Waals surface area contributed by atoms with Gasteiger partial charge in [-0.05, 0) is 19.1 Å². The van der Waals surface area contributed by atoms with E-state index in [9.17, 15) is 4.79 Å². The maximum absolute atomic E-state index is 11.5. The Labute approximate surface area is 93.4 Å². The van der Waals surface area contributed by atoms with E-state index in [1.807, 2.05) is 25.1 Å². The minimum absolute atomic E-state index is 0.102. The van der Waals surface area contributed by atoms with Gasteiger partial charge in [0.1, 0.15) is 5.69 Å². The molecule has 0 aliphatic carbocycles. The quantitative estimate of drug-likeness (QED) is 0.821. The molecule has 2 aromatic heterocycles. The van der Waals surface area contributed by atoms with Gasteiger partial charge in [0.05, 0.1) is 0 Å². The van der Waals surface area contributed by atoms with Crippen molar-refractivity contribution in [2.45, 2.75) is 6.92 Å². The van der Waals surface area contributed by atoms with Crippen LogP contribution in [0.4, 0.5) is 5.69 Å². The van der Waals surface area contributed by atoms with Crippen molar-refractivity contribution in [1.82, 2.24) is 9.97 Å². The van der Waals surface area contributed by atoms with Crippen LogP contribution in [0.5, 0.6) is 0 Å². The Kier molecular flexibility index (Phi) is 3.00. The fraction of sp³-hybridized carbons (Fsp3) is 0.167. The van der Waals surface area contributed by atoms with Crippen molar-refractivity contribution >= 4 is 5.69 Å². The van der Waals surface area contributed by atoms with Gasteiger partial charge in [-0.1, -0.05) is 6.07 Å². The van der Waals surface area contributed by atoms with Crippen LogP contribution < -0.4 is 10.9 Å². The van der Waals surface area contributed by atoms with E-state index >= 15 is 0 Å². The largest absolute Gasteiger partial charge is 0.381 e. The molecule has 2 heterocycles. The summed E-state index contributed by atoms with van der Waals surface area (Å²) in [4.78, 5) is 18.2. The molecule has 4 nitrogen and oxygen atoms in total. The average molecular weight is 215 g/mol. The zero-order valence-corrected chi connectivity index (χ0v) is 9.03. The van der Waals surface area contributed by atoms with Gasteiger partial charge >= 0.3 is 0 Å². The molecule has 0 unspecified atom stereocenters. The van der Waals surface area contributed by atoms with Crippen LogP contribution >= 0.6 is 0 Å². The molecule has 0 fully saturated rings. The third-order valence-corrected chi connectivity index (χ3v) is 2.27. The molecule has 0 amide bonds. The molecule has 4 heteroatoms. The number of anilines is 1. The van der Waals surface area contributed by atoms with Crippen molar-refractivity contribution in [2.24, 2.45) is 0 Å². The maximum atomic E-state index is 11.5. The van der Waals surface area contributed by atoms with E-state index in [-0.39, 0.29) is 5.56 Å². The van der Waals surface area contributed by atoms with E-state index in [0.717, 1.165) is 17.7 Å². The smallest absolute Gasteiger partial charge is 0.271 e. The number of nitrogens with one attached hydrogen (secondary N) is 2. The summed E-state index contributed by atoms with van der Waals surface area (Å²) >= 11 is 0. The highest BCUT2D eigenvalue weighted by Crippen LogP contribution is 2.17. The first-order valence-corrected chi connectivity index (χ1v) is 5.18. The number of pyridine rings is 2. The number of aromatic amines is 1. The number of rotatable bonds is 3. The first kappa shape index (κ1) is 10.4. The third-order valence-electron chi connectivity index (χ3n) is 2.27. The summed E-state index contributed by atoms with van der Waals surface area (Å²) < 4.78 is 0. The van der Waals surface area contributed by atoms with Crippen molar-refractivity contribution in [3.05, 3.63) is 47.1 Å². The molecule has 0 aromatic carbocycles. The van der Waals surface area contributed by atoms with E-state index in [2.05, 4.69) is 15.3 Å².